The summed E-state index contributed by atoms with van der Waals surface area (Å²) in [5, 5.41) is 0. The number of hydrogen-bond acceptors (Lipinski definition) is 0. The summed E-state index contributed by atoms with van der Waals surface area (Å²) in [7, 11) is 0. The highest BCUT2D eigenvalue weighted by molar-refractivity contribution is 5.38. The van der Waals surface area contributed by atoms with E-state index in [0.717, 1.165) is 11.5 Å². The molecule has 170 valence electrons. The molecule has 0 aromatic heterocycles. The van der Waals surface area contributed by atoms with Crippen molar-refractivity contribution >= 4 is 0 Å². The molecule has 0 aliphatic heterocycles. The molecule has 0 saturated heterocycles. The Balaban J connectivity index is 1.40. The molecule has 0 atom stereocenters. The first-order valence-electron chi connectivity index (χ1n) is 13.1. The van der Waals surface area contributed by atoms with Crippen molar-refractivity contribution in [3.63, 3.8) is 0 Å². The van der Waals surface area contributed by atoms with Crippen LogP contribution >= 0.6 is 0 Å². The van der Waals surface area contributed by atoms with Gasteiger partial charge in [0.1, 0.15) is 0 Å². The third kappa shape index (κ3) is 8.35. The lowest BCUT2D eigenvalue weighted by molar-refractivity contribution is 0.376. The maximum Gasteiger partial charge on any atom is 0.0249 e. The average Bonchev–Trinajstić information content (AvgIpc) is 2.84. The quantitative estimate of drug-likeness (QED) is 0.262. The van der Waals surface area contributed by atoms with Crippen LogP contribution < -0.4 is 0 Å². The van der Waals surface area contributed by atoms with Gasteiger partial charge >= 0.3 is 0 Å². The standard InChI is InChI=1S/C32H42/c1-3-5-7-11-27-15-17-28(18-16-27)13-9-10-14-30-21-25-32(26-22-30)31-23-19-29(20-24-31)12-8-6-4-2/h10,14-20,23-24,30,32H,3-8,11-12,21-22,25-26H2,1-2H3/b14-10+. The fourth-order valence-corrected chi connectivity index (χ4v) is 4.82. The summed E-state index contributed by atoms with van der Waals surface area (Å²) in [6.45, 7) is 4.53. The normalized spacial score (nSPS) is 18.4. The molecule has 0 radical (unpaired) electrons. The zero-order chi connectivity index (χ0) is 22.4. The number of aryl methyl sites for hydroxylation is 2. The van der Waals surface area contributed by atoms with Gasteiger partial charge in [0.2, 0.25) is 0 Å². The highest BCUT2D eigenvalue weighted by Gasteiger charge is 2.20. The summed E-state index contributed by atoms with van der Waals surface area (Å²) in [5.74, 6) is 7.99. The summed E-state index contributed by atoms with van der Waals surface area (Å²) in [5.41, 5.74) is 5.60. The molecule has 0 N–H and O–H groups in total. The molecule has 0 nitrogen and oxygen atoms in total. The molecule has 0 heterocycles. The minimum atomic E-state index is 0.690. The van der Waals surface area contributed by atoms with E-state index >= 15 is 0 Å². The Labute approximate surface area is 197 Å². The Bertz CT molecular complexity index is 849. The molecule has 32 heavy (non-hydrogen) atoms. The van der Waals surface area contributed by atoms with Gasteiger partial charge in [0.25, 0.3) is 0 Å². The largest absolute Gasteiger partial charge is 0.0730 e. The van der Waals surface area contributed by atoms with Crippen molar-refractivity contribution in [1.82, 2.24) is 0 Å². The van der Waals surface area contributed by atoms with Crippen LogP contribution in [0.4, 0.5) is 0 Å². The van der Waals surface area contributed by atoms with E-state index in [9.17, 15) is 0 Å². The first-order chi connectivity index (χ1) is 15.8. The van der Waals surface area contributed by atoms with Crippen LogP contribution in [0.3, 0.4) is 0 Å². The van der Waals surface area contributed by atoms with Crippen molar-refractivity contribution in [2.24, 2.45) is 5.92 Å². The van der Waals surface area contributed by atoms with Gasteiger partial charge in [-0.25, -0.2) is 0 Å². The van der Waals surface area contributed by atoms with E-state index in [1.807, 2.05) is 0 Å². The van der Waals surface area contributed by atoms with Gasteiger partial charge in [-0.1, -0.05) is 93.8 Å². The van der Waals surface area contributed by atoms with Gasteiger partial charge in [0, 0.05) is 5.56 Å². The lowest BCUT2D eigenvalue weighted by Gasteiger charge is -2.27. The van der Waals surface area contributed by atoms with Gasteiger partial charge in [0.05, 0.1) is 0 Å². The molecule has 2 aromatic carbocycles. The number of rotatable bonds is 10. The van der Waals surface area contributed by atoms with E-state index in [1.165, 1.54) is 88.2 Å². The predicted molar refractivity (Wildman–Crippen MR) is 140 cm³/mol. The Kier molecular flexibility index (Phi) is 10.7. The third-order valence-corrected chi connectivity index (χ3v) is 6.98. The topological polar surface area (TPSA) is 0 Å². The zero-order valence-corrected chi connectivity index (χ0v) is 20.4. The van der Waals surface area contributed by atoms with Gasteiger partial charge in [-0.2, -0.15) is 0 Å². The summed E-state index contributed by atoms with van der Waals surface area (Å²) >= 11 is 0. The van der Waals surface area contributed by atoms with E-state index in [2.05, 4.69) is 86.4 Å². The van der Waals surface area contributed by atoms with Crippen molar-refractivity contribution in [3.8, 4) is 11.8 Å². The maximum absolute atomic E-state index is 3.30. The van der Waals surface area contributed by atoms with Gasteiger partial charge in [-0.05, 0) is 98.1 Å². The molecule has 0 bridgehead atoms. The third-order valence-electron chi connectivity index (χ3n) is 6.98. The van der Waals surface area contributed by atoms with Gasteiger partial charge < -0.3 is 0 Å². The lowest BCUT2D eigenvalue weighted by Crippen LogP contribution is -2.11. The predicted octanol–water partition coefficient (Wildman–Crippen LogP) is 9.03. The molecule has 1 saturated carbocycles. The smallest absolute Gasteiger partial charge is 0.0249 e. The Morgan fingerprint density at radius 2 is 1.28 bits per heavy atom. The first-order valence-corrected chi connectivity index (χ1v) is 13.1. The van der Waals surface area contributed by atoms with Crippen molar-refractivity contribution < 1.29 is 0 Å². The number of benzene rings is 2. The fraction of sp³-hybridized carbons (Fsp3) is 0.500. The summed E-state index contributed by atoms with van der Waals surface area (Å²) < 4.78 is 0. The monoisotopic (exact) mass is 426 g/mol. The van der Waals surface area contributed by atoms with Crippen LogP contribution in [-0.2, 0) is 12.8 Å². The molecule has 1 fully saturated rings. The minimum Gasteiger partial charge on any atom is -0.0730 e. The van der Waals surface area contributed by atoms with E-state index in [1.54, 1.807) is 5.56 Å². The summed E-state index contributed by atoms with van der Waals surface area (Å²) in [4.78, 5) is 0. The van der Waals surface area contributed by atoms with Crippen molar-refractivity contribution in [1.29, 1.82) is 0 Å². The first kappa shape index (κ1) is 24.4. The van der Waals surface area contributed by atoms with Crippen LogP contribution in [0.1, 0.15) is 106 Å². The highest BCUT2D eigenvalue weighted by atomic mass is 14.3. The Morgan fingerprint density at radius 3 is 1.84 bits per heavy atom. The molecule has 0 amide bonds. The molecule has 3 rings (SSSR count). The Hall–Kier alpha value is -2.26. The average molecular weight is 427 g/mol. The molecular formula is C32H42. The van der Waals surface area contributed by atoms with Crippen LogP contribution in [-0.4, -0.2) is 0 Å². The molecule has 0 spiro atoms. The Morgan fingerprint density at radius 1 is 0.719 bits per heavy atom. The molecular weight excluding hydrogens is 384 g/mol. The molecule has 0 heteroatoms. The highest BCUT2D eigenvalue weighted by Crippen LogP contribution is 2.36. The second-order valence-corrected chi connectivity index (χ2v) is 9.59. The SMILES string of the molecule is CCCCCc1ccc(C#C/C=C/C2CCC(c3ccc(CCCCC)cc3)CC2)cc1. The van der Waals surface area contributed by atoms with Crippen molar-refractivity contribution in [2.75, 3.05) is 0 Å². The fourth-order valence-electron chi connectivity index (χ4n) is 4.82. The molecule has 1 aliphatic carbocycles. The van der Waals surface area contributed by atoms with E-state index < -0.39 is 0 Å². The van der Waals surface area contributed by atoms with E-state index in [-0.39, 0.29) is 0 Å². The summed E-state index contributed by atoms with van der Waals surface area (Å²) in [6.07, 6.45) is 19.9. The number of unbranched alkanes of at least 4 members (excludes halogenated alkanes) is 4. The summed E-state index contributed by atoms with van der Waals surface area (Å²) in [6, 6.07) is 18.3. The second-order valence-electron chi connectivity index (χ2n) is 9.59. The van der Waals surface area contributed by atoms with E-state index in [0.29, 0.717) is 5.92 Å². The van der Waals surface area contributed by atoms with Crippen molar-refractivity contribution in [2.45, 2.75) is 96.8 Å². The van der Waals surface area contributed by atoms with Gasteiger partial charge in [-0.3, -0.25) is 0 Å². The molecule has 2 aromatic rings. The van der Waals surface area contributed by atoms with Crippen LogP contribution in [0.5, 0.6) is 0 Å². The molecule has 1 aliphatic rings. The van der Waals surface area contributed by atoms with Crippen LogP contribution in [0.15, 0.2) is 60.7 Å². The number of allylic oxidation sites excluding steroid dienone is 2. The second kappa shape index (κ2) is 14.0. The molecule has 0 unspecified atom stereocenters. The lowest BCUT2D eigenvalue weighted by atomic mass is 9.78. The maximum atomic E-state index is 3.30. The van der Waals surface area contributed by atoms with Gasteiger partial charge in [0.15, 0.2) is 0 Å². The van der Waals surface area contributed by atoms with E-state index in [4.69, 9.17) is 0 Å². The van der Waals surface area contributed by atoms with Crippen LogP contribution in [0, 0.1) is 17.8 Å². The van der Waals surface area contributed by atoms with Gasteiger partial charge in [-0.15, -0.1) is 0 Å². The van der Waals surface area contributed by atoms with Crippen molar-refractivity contribution in [3.05, 3.63) is 82.9 Å². The van der Waals surface area contributed by atoms with Crippen LogP contribution in [0.2, 0.25) is 0 Å². The van der Waals surface area contributed by atoms with Crippen LogP contribution in [0.25, 0.3) is 0 Å². The number of hydrogen-bond donors (Lipinski definition) is 0. The zero-order valence-electron chi connectivity index (χ0n) is 20.4. The minimum absolute atomic E-state index is 0.690.